The summed E-state index contributed by atoms with van der Waals surface area (Å²) in [7, 11) is 0. The van der Waals surface area contributed by atoms with Gasteiger partial charge in [-0.25, -0.2) is 0 Å². The molecule has 76 valence electrons. The Morgan fingerprint density at radius 3 is 2.57 bits per heavy atom. The van der Waals surface area contributed by atoms with Gasteiger partial charge in [0.25, 0.3) is 0 Å². The van der Waals surface area contributed by atoms with Crippen molar-refractivity contribution < 1.29 is 4.79 Å². The molecule has 0 aliphatic carbocycles. The normalized spacial score (nSPS) is 10.2. The first-order valence-electron chi connectivity index (χ1n) is 4.93. The Hall–Kier alpha value is -0.760. The highest BCUT2D eigenvalue weighted by Crippen LogP contribution is 2.23. The second-order valence-corrected chi connectivity index (χ2v) is 4.01. The predicted octanol–water partition coefficient (Wildman–Crippen LogP) is 3.56. The lowest BCUT2D eigenvalue weighted by atomic mass is 10.0. The molecule has 0 saturated heterocycles. The quantitative estimate of drug-likeness (QED) is 0.556. The Morgan fingerprint density at radius 1 is 1.36 bits per heavy atom. The molecule has 0 aliphatic rings. The van der Waals surface area contributed by atoms with Gasteiger partial charge in [0.2, 0.25) is 0 Å². The largest absolute Gasteiger partial charge is 0.294 e. The molecule has 0 bridgehead atoms. The zero-order chi connectivity index (χ0) is 10.6. The van der Waals surface area contributed by atoms with E-state index in [1.165, 1.54) is 5.56 Å². The third-order valence-corrected chi connectivity index (χ3v) is 3.09. The fraction of sp³-hybridized carbons (Fsp3) is 0.417. The van der Waals surface area contributed by atoms with Crippen LogP contribution in [-0.2, 0) is 6.42 Å². The molecule has 0 aliphatic heterocycles. The molecule has 0 fully saturated rings. The van der Waals surface area contributed by atoms with E-state index < -0.39 is 0 Å². The molecular formula is C12H16OS. The minimum absolute atomic E-state index is 0.240. The van der Waals surface area contributed by atoms with E-state index in [0.29, 0.717) is 6.42 Å². The van der Waals surface area contributed by atoms with Crippen LogP contribution in [0.25, 0.3) is 0 Å². The van der Waals surface area contributed by atoms with Gasteiger partial charge in [-0.05, 0) is 30.4 Å². The molecule has 1 aromatic carbocycles. The van der Waals surface area contributed by atoms with Crippen molar-refractivity contribution in [3.05, 3.63) is 29.3 Å². The van der Waals surface area contributed by atoms with Gasteiger partial charge in [-0.3, -0.25) is 4.79 Å². The lowest BCUT2D eigenvalue weighted by Gasteiger charge is -2.07. The second kappa shape index (κ2) is 5.20. The van der Waals surface area contributed by atoms with Crippen LogP contribution in [0.5, 0.6) is 0 Å². The number of rotatable bonds is 4. The van der Waals surface area contributed by atoms with Crippen LogP contribution in [0.2, 0.25) is 0 Å². The average Bonchev–Trinajstić information content (AvgIpc) is 2.27. The maximum Gasteiger partial charge on any atom is 0.163 e. The molecule has 0 N–H and O–H groups in total. The molecular weight excluding hydrogens is 192 g/mol. The maximum absolute atomic E-state index is 11.6. The van der Waals surface area contributed by atoms with E-state index in [0.717, 1.165) is 16.9 Å². The van der Waals surface area contributed by atoms with E-state index in [2.05, 4.69) is 13.0 Å². The molecule has 0 radical (unpaired) electrons. The Bertz CT molecular complexity index is 331. The number of thioether (sulfide) groups is 1. The Kier molecular flexibility index (Phi) is 4.21. The lowest BCUT2D eigenvalue weighted by Crippen LogP contribution is -2.00. The molecule has 1 nitrogen and oxygen atoms in total. The fourth-order valence-electron chi connectivity index (χ4n) is 1.38. The number of Topliss-reactive ketones (excluding diaryl/α,β-unsaturated/α-hetero) is 1. The van der Waals surface area contributed by atoms with Crippen molar-refractivity contribution in [1.82, 2.24) is 0 Å². The summed E-state index contributed by atoms with van der Waals surface area (Å²) in [4.78, 5) is 12.7. The average molecular weight is 208 g/mol. The molecule has 0 aromatic heterocycles. The minimum Gasteiger partial charge on any atom is -0.294 e. The van der Waals surface area contributed by atoms with E-state index >= 15 is 0 Å². The van der Waals surface area contributed by atoms with Crippen LogP contribution in [0.1, 0.15) is 36.2 Å². The van der Waals surface area contributed by atoms with Crippen LogP contribution in [0.3, 0.4) is 0 Å². The van der Waals surface area contributed by atoms with Crippen molar-refractivity contribution >= 4 is 17.5 Å². The first kappa shape index (κ1) is 11.3. The standard InChI is InChI=1S/C12H16OS/c1-4-9-6-7-12(14-3)10(8-9)11(13)5-2/h6-8H,4-5H2,1-3H3. The lowest BCUT2D eigenvalue weighted by molar-refractivity contribution is 0.0985. The number of hydrogen-bond donors (Lipinski definition) is 0. The molecule has 0 heterocycles. The number of carbonyl (C=O) groups excluding carboxylic acids is 1. The zero-order valence-corrected chi connectivity index (χ0v) is 9.78. The highest BCUT2D eigenvalue weighted by molar-refractivity contribution is 7.98. The van der Waals surface area contributed by atoms with Crippen LogP contribution in [0.15, 0.2) is 23.1 Å². The Balaban J connectivity index is 3.14. The summed E-state index contributed by atoms with van der Waals surface area (Å²) in [5, 5.41) is 0. The van der Waals surface area contributed by atoms with Gasteiger partial charge in [-0.1, -0.05) is 19.9 Å². The van der Waals surface area contributed by atoms with Crippen molar-refractivity contribution in [3.8, 4) is 0 Å². The van der Waals surface area contributed by atoms with Crippen LogP contribution in [0, 0.1) is 0 Å². The number of aryl methyl sites for hydroxylation is 1. The van der Waals surface area contributed by atoms with E-state index in [9.17, 15) is 4.79 Å². The van der Waals surface area contributed by atoms with Crippen LogP contribution >= 0.6 is 11.8 Å². The summed E-state index contributed by atoms with van der Waals surface area (Å²) in [5.41, 5.74) is 2.12. The van der Waals surface area contributed by atoms with E-state index in [1.54, 1.807) is 11.8 Å². The smallest absolute Gasteiger partial charge is 0.163 e. The van der Waals surface area contributed by atoms with Crippen molar-refractivity contribution in [3.63, 3.8) is 0 Å². The molecule has 0 unspecified atom stereocenters. The van der Waals surface area contributed by atoms with Crippen LogP contribution in [0.4, 0.5) is 0 Å². The van der Waals surface area contributed by atoms with Gasteiger partial charge >= 0.3 is 0 Å². The highest BCUT2D eigenvalue weighted by Gasteiger charge is 2.09. The van der Waals surface area contributed by atoms with Gasteiger partial charge in [0.1, 0.15) is 0 Å². The van der Waals surface area contributed by atoms with Crippen molar-refractivity contribution in [2.24, 2.45) is 0 Å². The summed E-state index contributed by atoms with van der Waals surface area (Å²) < 4.78 is 0. The van der Waals surface area contributed by atoms with Crippen LogP contribution < -0.4 is 0 Å². The SMILES string of the molecule is CCC(=O)c1cc(CC)ccc1SC. The van der Waals surface area contributed by atoms with Gasteiger partial charge in [0.05, 0.1) is 0 Å². The van der Waals surface area contributed by atoms with Gasteiger partial charge in [-0.15, -0.1) is 11.8 Å². The van der Waals surface area contributed by atoms with Crippen molar-refractivity contribution in [2.75, 3.05) is 6.26 Å². The van der Waals surface area contributed by atoms with Crippen molar-refractivity contribution in [2.45, 2.75) is 31.6 Å². The molecule has 14 heavy (non-hydrogen) atoms. The summed E-state index contributed by atoms with van der Waals surface area (Å²) in [6.07, 6.45) is 3.58. The molecule has 1 aromatic rings. The van der Waals surface area contributed by atoms with E-state index in [4.69, 9.17) is 0 Å². The van der Waals surface area contributed by atoms with E-state index in [1.807, 2.05) is 25.3 Å². The molecule has 1 rings (SSSR count). The number of hydrogen-bond acceptors (Lipinski definition) is 2. The Morgan fingerprint density at radius 2 is 2.07 bits per heavy atom. The number of carbonyl (C=O) groups is 1. The summed E-state index contributed by atoms with van der Waals surface area (Å²) in [5.74, 6) is 0.240. The third-order valence-electron chi connectivity index (χ3n) is 2.29. The van der Waals surface area contributed by atoms with Crippen molar-refractivity contribution in [1.29, 1.82) is 0 Å². The first-order valence-corrected chi connectivity index (χ1v) is 6.15. The van der Waals surface area contributed by atoms with Gasteiger partial charge in [0.15, 0.2) is 5.78 Å². The molecule has 0 spiro atoms. The highest BCUT2D eigenvalue weighted by atomic mass is 32.2. The fourth-order valence-corrected chi connectivity index (χ4v) is 1.98. The molecule has 0 atom stereocenters. The molecule has 0 saturated carbocycles. The second-order valence-electron chi connectivity index (χ2n) is 3.16. The molecule has 0 amide bonds. The van der Waals surface area contributed by atoms with Gasteiger partial charge < -0.3 is 0 Å². The summed E-state index contributed by atoms with van der Waals surface area (Å²) >= 11 is 1.64. The van der Waals surface area contributed by atoms with Crippen LogP contribution in [-0.4, -0.2) is 12.0 Å². The zero-order valence-electron chi connectivity index (χ0n) is 8.96. The number of ketones is 1. The summed E-state index contributed by atoms with van der Waals surface area (Å²) in [6, 6.07) is 6.17. The summed E-state index contributed by atoms with van der Waals surface area (Å²) in [6.45, 7) is 4.01. The third kappa shape index (κ3) is 2.38. The monoisotopic (exact) mass is 208 g/mol. The van der Waals surface area contributed by atoms with Gasteiger partial charge in [-0.2, -0.15) is 0 Å². The maximum atomic E-state index is 11.6. The Labute approximate surface area is 89.9 Å². The molecule has 2 heteroatoms. The predicted molar refractivity (Wildman–Crippen MR) is 62.2 cm³/mol. The van der Waals surface area contributed by atoms with E-state index in [-0.39, 0.29) is 5.78 Å². The first-order chi connectivity index (χ1) is 6.72. The minimum atomic E-state index is 0.240. The topological polar surface area (TPSA) is 17.1 Å². The van der Waals surface area contributed by atoms with Gasteiger partial charge in [0, 0.05) is 16.9 Å². The number of benzene rings is 1.